The van der Waals surface area contributed by atoms with E-state index in [1.165, 1.54) is 0 Å². The Morgan fingerprint density at radius 2 is 1.84 bits per heavy atom. The maximum absolute atomic E-state index is 11.6. The first-order chi connectivity index (χ1) is 9.24. The van der Waals surface area contributed by atoms with Crippen molar-refractivity contribution < 1.29 is 14.3 Å². The third-order valence-electron chi connectivity index (χ3n) is 2.69. The number of hydrogen-bond donors (Lipinski definition) is 1. The van der Waals surface area contributed by atoms with Crippen LogP contribution >= 0.6 is 0 Å². The molecule has 0 fully saturated rings. The smallest absolute Gasteiger partial charge is 0.325 e. The lowest BCUT2D eigenvalue weighted by molar-refractivity contribution is -0.142. The minimum atomic E-state index is -0.388. The zero-order chi connectivity index (χ0) is 13.9. The first-order valence-corrected chi connectivity index (χ1v) is 6.73. The van der Waals surface area contributed by atoms with Crippen molar-refractivity contribution in [3.05, 3.63) is 35.9 Å². The second-order valence-corrected chi connectivity index (χ2v) is 4.33. The number of carbonyl (C=O) groups excluding carboxylic acids is 2. The van der Waals surface area contributed by atoms with Crippen LogP contribution in [0.5, 0.6) is 0 Å². The Balaban J connectivity index is 2.15. The number of benzene rings is 1. The highest BCUT2D eigenvalue weighted by Crippen LogP contribution is 1.99. The zero-order valence-corrected chi connectivity index (χ0v) is 11.4. The fraction of sp³-hybridized carbons (Fsp3) is 0.467. The van der Waals surface area contributed by atoms with E-state index in [4.69, 9.17) is 4.74 Å². The van der Waals surface area contributed by atoms with Gasteiger partial charge in [-0.05, 0) is 18.6 Å². The molecule has 0 atom stereocenters. The summed E-state index contributed by atoms with van der Waals surface area (Å²) < 4.78 is 5.02. The van der Waals surface area contributed by atoms with E-state index in [0.29, 0.717) is 12.2 Å². The highest BCUT2D eigenvalue weighted by atomic mass is 16.5. The second kappa shape index (κ2) is 9.14. The molecule has 0 radical (unpaired) electrons. The van der Waals surface area contributed by atoms with Gasteiger partial charge < -0.3 is 10.1 Å². The maximum Gasteiger partial charge on any atom is 0.325 e. The minimum Gasteiger partial charge on any atom is -0.464 e. The standard InChI is InChI=1S/C15H21NO3/c1-2-3-4-8-11-19-14(17)12-16-15(18)13-9-6-5-7-10-13/h5-7,9-10H,2-4,8,11-12H2,1H3,(H,16,18). The van der Waals surface area contributed by atoms with Crippen molar-refractivity contribution in [3.8, 4) is 0 Å². The minimum absolute atomic E-state index is 0.0818. The molecule has 1 N–H and O–H groups in total. The molecule has 104 valence electrons. The van der Waals surface area contributed by atoms with Crippen molar-refractivity contribution in [3.63, 3.8) is 0 Å². The predicted octanol–water partition coefficient (Wildman–Crippen LogP) is 2.54. The number of amides is 1. The van der Waals surface area contributed by atoms with Crippen LogP contribution < -0.4 is 5.32 Å². The summed E-state index contributed by atoms with van der Waals surface area (Å²) in [6, 6.07) is 8.79. The van der Waals surface area contributed by atoms with Gasteiger partial charge in [-0.2, -0.15) is 0 Å². The molecule has 0 saturated heterocycles. The predicted molar refractivity (Wildman–Crippen MR) is 73.9 cm³/mol. The van der Waals surface area contributed by atoms with Crippen molar-refractivity contribution in [2.24, 2.45) is 0 Å². The molecule has 1 aromatic rings. The summed E-state index contributed by atoms with van der Waals surface area (Å²) >= 11 is 0. The summed E-state index contributed by atoms with van der Waals surface area (Å²) in [5, 5.41) is 2.54. The zero-order valence-electron chi connectivity index (χ0n) is 11.4. The Labute approximate surface area is 114 Å². The van der Waals surface area contributed by atoms with Crippen LogP contribution in [0.2, 0.25) is 0 Å². The molecular formula is C15H21NO3. The van der Waals surface area contributed by atoms with Gasteiger partial charge >= 0.3 is 5.97 Å². The van der Waals surface area contributed by atoms with Gasteiger partial charge in [-0.1, -0.05) is 44.4 Å². The Bertz CT molecular complexity index is 390. The van der Waals surface area contributed by atoms with Gasteiger partial charge in [-0.25, -0.2) is 0 Å². The lowest BCUT2D eigenvalue weighted by Gasteiger charge is -2.06. The molecule has 0 spiro atoms. The summed E-state index contributed by atoms with van der Waals surface area (Å²) in [6.07, 6.45) is 4.26. The monoisotopic (exact) mass is 263 g/mol. The molecule has 1 rings (SSSR count). The molecular weight excluding hydrogens is 242 g/mol. The van der Waals surface area contributed by atoms with E-state index in [1.54, 1.807) is 24.3 Å². The largest absolute Gasteiger partial charge is 0.464 e. The molecule has 4 heteroatoms. The van der Waals surface area contributed by atoms with Gasteiger partial charge in [0.1, 0.15) is 6.54 Å². The number of esters is 1. The molecule has 0 heterocycles. The van der Waals surface area contributed by atoms with Crippen LogP contribution in [-0.2, 0) is 9.53 Å². The van der Waals surface area contributed by atoms with Gasteiger partial charge in [0.25, 0.3) is 5.91 Å². The second-order valence-electron chi connectivity index (χ2n) is 4.33. The van der Waals surface area contributed by atoms with Crippen LogP contribution in [-0.4, -0.2) is 25.0 Å². The number of rotatable bonds is 8. The fourth-order valence-corrected chi connectivity index (χ4v) is 1.61. The molecule has 0 aromatic heterocycles. The number of carbonyl (C=O) groups is 2. The third-order valence-corrected chi connectivity index (χ3v) is 2.69. The van der Waals surface area contributed by atoms with Gasteiger partial charge in [0, 0.05) is 5.56 Å². The Morgan fingerprint density at radius 1 is 1.11 bits per heavy atom. The van der Waals surface area contributed by atoms with Crippen molar-refractivity contribution >= 4 is 11.9 Å². The van der Waals surface area contributed by atoms with Crippen LogP contribution in [0.4, 0.5) is 0 Å². The number of ether oxygens (including phenoxy) is 1. The van der Waals surface area contributed by atoms with Crippen molar-refractivity contribution in [2.45, 2.75) is 32.6 Å². The molecule has 0 unspecified atom stereocenters. The van der Waals surface area contributed by atoms with Crippen molar-refractivity contribution in [1.82, 2.24) is 5.32 Å². The quantitative estimate of drug-likeness (QED) is 0.579. The molecule has 0 bridgehead atoms. The number of nitrogens with one attached hydrogen (secondary N) is 1. The Morgan fingerprint density at radius 3 is 2.53 bits per heavy atom. The van der Waals surface area contributed by atoms with E-state index in [-0.39, 0.29) is 18.4 Å². The SMILES string of the molecule is CCCCCCOC(=O)CNC(=O)c1ccccc1. The number of unbranched alkanes of at least 4 members (excludes halogenated alkanes) is 3. The van der Waals surface area contributed by atoms with Gasteiger partial charge in [0.05, 0.1) is 6.61 Å². The first-order valence-electron chi connectivity index (χ1n) is 6.73. The average Bonchev–Trinajstić information content (AvgIpc) is 2.45. The topological polar surface area (TPSA) is 55.4 Å². The van der Waals surface area contributed by atoms with E-state index in [1.807, 2.05) is 6.07 Å². The van der Waals surface area contributed by atoms with Gasteiger partial charge in [0.15, 0.2) is 0 Å². The van der Waals surface area contributed by atoms with E-state index >= 15 is 0 Å². The molecule has 0 aliphatic carbocycles. The highest BCUT2D eigenvalue weighted by molar-refractivity contribution is 5.95. The van der Waals surface area contributed by atoms with E-state index < -0.39 is 0 Å². The molecule has 19 heavy (non-hydrogen) atoms. The van der Waals surface area contributed by atoms with Crippen LogP contribution in [0.3, 0.4) is 0 Å². The lowest BCUT2D eigenvalue weighted by Crippen LogP contribution is -2.30. The molecule has 0 aliphatic rings. The summed E-state index contributed by atoms with van der Waals surface area (Å²) in [5.74, 6) is -0.649. The van der Waals surface area contributed by atoms with Crippen LogP contribution in [0, 0.1) is 0 Å². The molecule has 0 aliphatic heterocycles. The van der Waals surface area contributed by atoms with Gasteiger partial charge in [-0.15, -0.1) is 0 Å². The van der Waals surface area contributed by atoms with Crippen molar-refractivity contribution in [1.29, 1.82) is 0 Å². The normalized spacial score (nSPS) is 9.95. The molecule has 1 aromatic carbocycles. The van der Waals surface area contributed by atoms with E-state index in [9.17, 15) is 9.59 Å². The van der Waals surface area contributed by atoms with E-state index in [0.717, 1.165) is 25.7 Å². The van der Waals surface area contributed by atoms with E-state index in [2.05, 4.69) is 12.2 Å². The highest BCUT2D eigenvalue weighted by Gasteiger charge is 2.07. The summed E-state index contributed by atoms with van der Waals surface area (Å²) in [5.41, 5.74) is 0.540. The summed E-state index contributed by atoms with van der Waals surface area (Å²) in [6.45, 7) is 2.48. The molecule has 1 amide bonds. The first kappa shape index (κ1) is 15.2. The Hall–Kier alpha value is -1.84. The third kappa shape index (κ3) is 6.60. The van der Waals surface area contributed by atoms with Gasteiger partial charge in [0.2, 0.25) is 0 Å². The molecule has 4 nitrogen and oxygen atoms in total. The van der Waals surface area contributed by atoms with Crippen LogP contribution in [0.25, 0.3) is 0 Å². The summed E-state index contributed by atoms with van der Waals surface area (Å²) in [7, 11) is 0. The average molecular weight is 263 g/mol. The number of hydrogen-bond acceptors (Lipinski definition) is 3. The Kier molecular flexibility index (Phi) is 7.32. The van der Waals surface area contributed by atoms with Crippen molar-refractivity contribution in [2.75, 3.05) is 13.2 Å². The van der Waals surface area contributed by atoms with Crippen LogP contribution in [0.1, 0.15) is 43.0 Å². The fourth-order valence-electron chi connectivity index (χ4n) is 1.61. The summed E-state index contributed by atoms with van der Waals surface area (Å²) in [4.78, 5) is 23.0. The van der Waals surface area contributed by atoms with Crippen LogP contribution in [0.15, 0.2) is 30.3 Å². The van der Waals surface area contributed by atoms with Gasteiger partial charge in [-0.3, -0.25) is 9.59 Å². The maximum atomic E-state index is 11.6. The lowest BCUT2D eigenvalue weighted by atomic mass is 10.2. The molecule has 0 saturated carbocycles.